The monoisotopic (exact) mass is 361 g/mol. The summed E-state index contributed by atoms with van der Waals surface area (Å²) in [4.78, 5) is 4.33. The minimum absolute atomic E-state index is 0.163. The highest BCUT2D eigenvalue weighted by Gasteiger charge is 1.99. The lowest BCUT2D eigenvalue weighted by molar-refractivity contribution is 0.242. The van der Waals surface area contributed by atoms with Gasteiger partial charge in [-0.1, -0.05) is 28.1 Å². The molecule has 0 heterocycles. The third-order valence-corrected chi connectivity index (χ3v) is 3.31. The molecule has 0 spiro atoms. The van der Waals surface area contributed by atoms with Crippen molar-refractivity contribution >= 4 is 27.6 Å². The zero-order valence-corrected chi connectivity index (χ0v) is 14.3. The van der Waals surface area contributed by atoms with Gasteiger partial charge in [0, 0.05) is 10.2 Å². The van der Waals surface area contributed by atoms with Gasteiger partial charge in [0.05, 0.1) is 12.6 Å². The summed E-state index contributed by atoms with van der Waals surface area (Å²) in [6, 6.07) is 15.6. The third kappa shape index (κ3) is 5.41. The molecule has 0 radical (unpaired) electrons. The molecule has 22 heavy (non-hydrogen) atoms. The maximum atomic E-state index is 5.91. The second kappa shape index (κ2) is 7.84. The summed E-state index contributed by atoms with van der Waals surface area (Å²) in [6.45, 7) is 4.53. The summed E-state index contributed by atoms with van der Waals surface area (Å²) in [6.07, 6.45) is 0.163. The number of nitrogens with one attached hydrogen (secondary N) is 1. The fraction of sp³-hybridized carbons (Fsp3) is 0.235. The first-order chi connectivity index (χ1) is 10.5. The van der Waals surface area contributed by atoms with Crippen molar-refractivity contribution in [3.63, 3.8) is 0 Å². The van der Waals surface area contributed by atoms with E-state index in [0.29, 0.717) is 12.5 Å². The minimum atomic E-state index is 0.163. The highest BCUT2D eigenvalue weighted by Crippen LogP contribution is 2.17. The lowest BCUT2D eigenvalue weighted by Gasteiger charge is -2.11. The Morgan fingerprint density at radius 2 is 1.95 bits per heavy atom. The number of nitrogens with zero attached hydrogens (tertiary/aromatic N) is 1. The van der Waals surface area contributed by atoms with Crippen LogP contribution in [-0.4, -0.2) is 12.1 Å². The number of halogens is 1. The molecule has 0 atom stereocenters. The van der Waals surface area contributed by atoms with E-state index in [-0.39, 0.29) is 6.10 Å². The van der Waals surface area contributed by atoms with Gasteiger partial charge in [-0.15, -0.1) is 0 Å². The fourth-order valence-corrected chi connectivity index (χ4v) is 2.33. The molecule has 116 valence electrons. The summed E-state index contributed by atoms with van der Waals surface area (Å²) < 4.78 is 6.63. The average molecular weight is 362 g/mol. The van der Waals surface area contributed by atoms with Gasteiger partial charge in [0.25, 0.3) is 0 Å². The van der Waals surface area contributed by atoms with Gasteiger partial charge in [-0.05, 0) is 55.8 Å². The number of ether oxygens (including phenoxy) is 1. The number of hydrogen-bond acceptors (Lipinski definition) is 2. The quantitative estimate of drug-likeness (QED) is 0.620. The maximum absolute atomic E-state index is 5.91. The summed E-state index contributed by atoms with van der Waals surface area (Å²) in [7, 11) is 0. The van der Waals surface area contributed by atoms with Crippen molar-refractivity contribution in [3.05, 3.63) is 58.6 Å². The zero-order valence-electron chi connectivity index (χ0n) is 12.7. The van der Waals surface area contributed by atoms with Crippen molar-refractivity contribution in [2.45, 2.75) is 26.5 Å². The number of hydrogen-bond donors (Lipinski definition) is 2. The van der Waals surface area contributed by atoms with Crippen LogP contribution in [0.4, 0.5) is 5.69 Å². The van der Waals surface area contributed by atoms with Gasteiger partial charge in [-0.3, -0.25) is 0 Å². The molecule has 0 amide bonds. The van der Waals surface area contributed by atoms with E-state index in [1.807, 2.05) is 62.4 Å². The molecule has 0 bridgehead atoms. The Kier molecular flexibility index (Phi) is 5.83. The predicted octanol–water partition coefficient (Wildman–Crippen LogP) is 4.16. The smallest absolute Gasteiger partial charge is 0.193 e. The lowest BCUT2D eigenvalue weighted by Crippen LogP contribution is -2.22. The van der Waals surface area contributed by atoms with E-state index in [4.69, 9.17) is 10.5 Å². The first-order valence-electron chi connectivity index (χ1n) is 7.11. The summed E-state index contributed by atoms with van der Waals surface area (Å²) in [5.41, 5.74) is 7.88. The van der Waals surface area contributed by atoms with Crippen LogP contribution in [0.25, 0.3) is 0 Å². The summed E-state index contributed by atoms with van der Waals surface area (Å²) >= 11 is 3.44. The molecule has 4 nitrogen and oxygen atoms in total. The number of aliphatic imine (C=N–C) groups is 1. The van der Waals surface area contributed by atoms with Gasteiger partial charge in [0.2, 0.25) is 0 Å². The van der Waals surface area contributed by atoms with Crippen molar-refractivity contribution in [2.75, 3.05) is 5.32 Å². The van der Waals surface area contributed by atoms with E-state index in [1.165, 1.54) is 0 Å². The molecule has 2 rings (SSSR count). The van der Waals surface area contributed by atoms with Crippen molar-refractivity contribution in [1.29, 1.82) is 0 Å². The molecular weight excluding hydrogens is 342 g/mol. The van der Waals surface area contributed by atoms with Crippen LogP contribution in [0.15, 0.2) is 58.0 Å². The Hall–Kier alpha value is -2.01. The Labute approximate surface area is 139 Å². The second-order valence-corrected chi connectivity index (χ2v) is 6.06. The largest absolute Gasteiger partial charge is 0.491 e. The molecule has 0 unspecified atom stereocenters. The summed E-state index contributed by atoms with van der Waals surface area (Å²) in [5.74, 6) is 1.22. The molecule has 5 heteroatoms. The second-order valence-electron chi connectivity index (χ2n) is 5.15. The Bertz CT molecular complexity index is 639. The first kappa shape index (κ1) is 16.4. The van der Waals surface area contributed by atoms with E-state index in [0.717, 1.165) is 21.5 Å². The van der Waals surface area contributed by atoms with Gasteiger partial charge in [-0.2, -0.15) is 0 Å². The van der Waals surface area contributed by atoms with Crippen molar-refractivity contribution in [3.8, 4) is 5.75 Å². The number of nitrogens with two attached hydrogens (primary N) is 1. The summed E-state index contributed by atoms with van der Waals surface area (Å²) in [5, 5.41) is 3.07. The van der Waals surface area contributed by atoms with Gasteiger partial charge in [-0.25, -0.2) is 4.99 Å². The molecule has 3 N–H and O–H groups in total. The normalized spacial score (nSPS) is 11.5. The molecule has 0 aliphatic carbocycles. The van der Waals surface area contributed by atoms with Gasteiger partial charge >= 0.3 is 0 Å². The number of anilines is 1. The lowest BCUT2D eigenvalue weighted by atomic mass is 10.2. The van der Waals surface area contributed by atoms with Crippen LogP contribution >= 0.6 is 15.9 Å². The predicted molar refractivity (Wildman–Crippen MR) is 95.3 cm³/mol. The van der Waals surface area contributed by atoms with E-state index in [1.54, 1.807) is 0 Å². The molecule has 2 aromatic rings. The molecule has 0 aliphatic rings. The van der Waals surface area contributed by atoms with E-state index < -0.39 is 0 Å². The zero-order chi connectivity index (χ0) is 15.9. The number of benzene rings is 2. The highest BCUT2D eigenvalue weighted by atomic mass is 79.9. The van der Waals surface area contributed by atoms with E-state index >= 15 is 0 Å². The van der Waals surface area contributed by atoms with Gasteiger partial charge in [0.15, 0.2) is 5.96 Å². The van der Waals surface area contributed by atoms with Crippen LogP contribution in [0.3, 0.4) is 0 Å². The molecule has 0 saturated heterocycles. The van der Waals surface area contributed by atoms with Gasteiger partial charge in [0.1, 0.15) is 5.75 Å². The van der Waals surface area contributed by atoms with E-state index in [2.05, 4.69) is 26.2 Å². The van der Waals surface area contributed by atoms with Crippen molar-refractivity contribution < 1.29 is 4.74 Å². The fourth-order valence-electron chi connectivity index (χ4n) is 1.89. The SMILES string of the molecule is CC(C)Oc1ccc(NC(N)=NCc2cccc(Br)c2)cc1. The maximum Gasteiger partial charge on any atom is 0.193 e. The Balaban J connectivity index is 1.93. The molecule has 0 aliphatic heterocycles. The topological polar surface area (TPSA) is 59.6 Å². The van der Waals surface area contributed by atoms with Crippen LogP contribution in [0, 0.1) is 0 Å². The highest BCUT2D eigenvalue weighted by molar-refractivity contribution is 9.10. The van der Waals surface area contributed by atoms with Crippen LogP contribution in [-0.2, 0) is 6.54 Å². The molecule has 0 saturated carbocycles. The molecule has 0 fully saturated rings. The number of guanidine groups is 1. The van der Waals surface area contributed by atoms with Crippen LogP contribution in [0.2, 0.25) is 0 Å². The van der Waals surface area contributed by atoms with Crippen LogP contribution < -0.4 is 15.8 Å². The minimum Gasteiger partial charge on any atom is -0.491 e. The first-order valence-corrected chi connectivity index (χ1v) is 7.90. The Morgan fingerprint density at radius 3 is 2.59 bits per heavy atom. The van der Waals surface area contributed by atoms with Crippen LogP contribution in [0.1, 0.15) is 19.4 Å². The standard InChI is InChI=1S/C17H20BrN3O/c1-12(2)22-16-8-6-15(7-9-16)21-17(19)20-11-13-4-3-5-14(18)10-13/h3-10,12H,11H2,1-2H3,(H3,19,20,21). The molecule has 0 aromatic heterocycles. The van der Waals surface area contributed by atoms with Gasteiger partial charge < -0.3 is 15.8 Å². The number of rotatable bonds is 5. The molecule has 2 aromatic carbocycles. The molecular formula is C17H20BrN3O. The van der Waals surface area contributed by atoms with Crippen molar-refractivity contribution in [1.82, 2.24) is 0 Å². The van der Waals surface area contributed by atoms with Crippen LogP contribution in [0.5, 0.6) is 5.75 Å². The van der Waals surface area contributed by atoms with Crippen molar-refractivity contribution in [2.24, 2.45) is 10.7 Å². The third-order valence-electron chi connectivity index (χ3n) is 2.82. The Morgan fingerprint density at radius 1 is 1.23 bits per heavy atom. The van der Waals surface area contributed by atoms with E-state index in [9.17, 15) is 0 Å². The average Bonchev–Trinajstić information content (AvgIpc) is 2.47.